The number of amides is 1. The Labute approximate surface area is 140 Å². The summed E-state index contributed by atoms with van der Waals surface area (Å²) in [5, 5.41) is 4.83. The summed E-state index contributed by atoms with van der Waals surface area (Å²) in [5.41, 5.74) is 0. The van der Waals surface area contributed by atoms with E-state index in [4.69, 9.17) is 11.6 Å². The van der Waals surface area contributed by atoms with E-state index in [1.54, 1.807) is 18.5 Å². The molecule has 6 nitrogen and oxygen atoms in total. The molecule has 1 atom stereocenters. The molecule has 2 aromatic heterocycles. The summed E-state index contributed by atoms with van der Waals surface area (Å²) in [5.74, 6) is 0.865. The van der Waals surface area contributed by atoms with Gasteiger partial charge < -0.3 is 9.80 Å². The molecule has 7 heteroatoms. The van der Waals surface area contributed by atoms with Gasteiger partial charge in [0.25, 0.3) is 0 Å². The van der Waals surface area contributed by atoms with E-state index in [0.717, 1.165) is 31.7 Å². The molecule has 0 bridgehead atoms. The van der Waals surface area contributed by atoms with Crippen molar-refractivity contribution in [2.75, 3.05) is 25.0 Å². The Morgan fingerprint density at radius 1 is 1.48 bits per heavy atom. The third-order valence-corrected chi connectivity index (χ3v) is 4.35. The van der Waals surface area contributed by atoms with E-state index in [0.29, 0.717) is 11.6 Å². The number of pyridine rings is 1. The molecule has 0 radical (unpaired) electrons. The number of nitrogens with zero attached hydrogens (tertiary/aromatic N) is 5. The average molecular weight is 334 g/mol. The summed E-state index contributed by atoms with van der Waals surface area (Å²) in [7, 11) is 1.87. The highest BCUT2D eigenvalue weighted by atomic mass is 35.5. The van der Waals surface area contributed by atoms with Gasteiger partial charge in [-0.15, -0.1) is 0 Å². The highest BCUT2D eigenvalue weighted by Gasteiger charge is 2.29. The first-order valence-corrected chi connectivity index (χ1v) is 8.11. The molecule has 2 aromatic rings. The van der Waals surface area contributed by atoms with E-state index >= 15 is 0 Å². The first-order valence-electron chi connectivity index (χ1n) is 7.73. The lowest BCUT2D eigenvalue weighted by molar-refractivity contribution is -0.130. The van der Waals surface area contributed by atoms with Crippen LogP contribution < -0.4 is 4.90 Å². The minimum Gasteiger partial charge on any atom is -0.350 e. The first kappa shape index (κ1) is 15.8. The summed E-state index contributed by atoms with van der Waals surface area (Å²) in [6.07, 6.45) is 7.36. The van der Waals surface area contributed by atoms with Crippen molar-refractivity contribution in [2.45, 2.75) is 25.4 Å². The zero-order valence-electron chi connectivity index (χ0n) is 13.1. The van der Waals surface area contributed by atoms with Crippen LogP contribution in [0, 0.1) is 0 Å². The first-order chi connectivity index (χ1) is 11.1. The maximum absolute atomic E-state index is 12.6. The number of likely N-dealkylation sites (tertiary alicyclic amines) is 1. The van der Waals surface area contributed by atoms with Gasteiger partial charge in [0.2, 0.25) is 5.91 Å². The summed E-state index contributed by atoms with van der Waals surface area (Å²) < 4.78 is 1.89. The lowest BCUT2D eigenvalue weighted by Gasteiger charge is -2.27. The monoisotopic (exact) mass is 333 g/mol. The SMILES string of the molecule is CN(CC(=O)N1CCCC1Cn1cccn1)c1ccc(Cl)cn1. The minimum absolute atomic E-state index is 0.124. The van der Waals surface area contributed by atoms with Gasteiger partial charge in [-0.3, -0.25) is 9.48 Å². The van der Waals surface area contributed by atoms with Crippen LogP contribution in [0.15, 0.2) is 36.8 Å². The molecular formula is C16H20ClN5O. The quantitative estimate of drug-likeness (QED) is 0.840. The number of likely N-dealkylation sites (N-methyl/N-ethyl adjacent to an activating group) is 1. The summed E-state index contributed by atoms with van der Waals surface area (Å²) >= 11 is 5.85. The van der Waals surface area contributed by atoms with Gasteiger partial charge in [-0.2, -0.15) is 5.10 Å². The molecule has 1 fully saturated rings. The maximum Gasteiger partial charge on any atom is 0.242 e. The van der Waals surface area contributed by atoms with Gasteiger partial charge in [-0.1, -0.05) is 11.6 Å². The molecule has 1 saturated heterocycles. The van der Waals surface area contributed by atoms with Crippen molar-refractivity contribution in [2.24, 2.45) is 0 Å². The van der Waals surface area contributed by atoms with E-state index in [9.17, 15) is 4.79 Å². The standard InChI is InChI=1S/C16H20ClN5O/c1-20(15-6-5-13(17)10-18-15)12-16(23)22-9-2-4-14(22)11-21-8-3-7-19-21/h3,5-8,10,14H,2,4,9,11-12H2,1H3. The Balaban J connectivity index is 1.61. The molecule has 1 unspecified atom stereocenters. The fraction of sp³-hybridized carbons (Fsp3) is 0.438. The Kier molecular flexibility index (Phi) is 4.81. The van der Waals surface area contributed by atoms with E-state index < -0.39 is 0 Å². The number of rotatable bonds is 5. The van der Waals surface area contributed by atoms with Crippen LogP contribution in [0.1, 0.15) is 12.8 Å². The van der Waals surface area contributed by atoms with Gasteiger partial charge in [0, 0.05) is 32.2 Å². The van der Waals surface area contributed by atoms with Gasteiger partial charge in [0.15, 0.2) is 0 Å². The number of hydrogen-bond acceptors (Lipinski definition) is 4. The van der Waals surface area contributed by atoms with Crippen molar-refractivity contribution in [1.82, 2.24) is 19.7 Å². The fourth-order valence-electron chi connectivity index (χ4n) is 2.95. The van der Waals surface area contributed by atoms with Crippen molar-refractivity contribution in [3.05, 3.63) is 41.8 Å². The molecule has 122 valence electrons. The van der Waals surface area contributed by atoms with Crippen molar-refractivity contribution < 1.29 is 4.79 Å². The largest absolute Gasteiger partial charge is 0.350 e. The second-order valence-corrected chi connectivity index (χ2v) is 6.24. The predicted octanol–water partition coefficient (Wildman–Crippen LogP) is 2.06. The molecule has 3 heterocycles. The molecule has 1 aliphatic heterocycles. The third-order valence-electron chi connectivity index (χ3n) is 4.13. The molecule has 0 N–H and O–H groups in total. The normalized spacial score (nSPS) is 17.5. The summed E-state index contributed by atoms with van der Waals surface area (Å²) in [6, 6.07) is 5.72. The van der Waals surface area contributed by atoms with Crippen molar-refractivity contribution in [3.8, 4) is 0 Å². The van der Waals surface area contributed by atoms with Gasteiger partial charge in [-0.25, -0.2) is 4.98 Å². The van der Waals surface area contributed by atoms with Crippen LogP contribution in [0.25, 0.3) is 0 Å². The molecule has 3 rings (SSSR count). The zero-order valence-corrected chi connectivity index (χ0v) is 13.9. The Morgan fingerprint density at radius 3 is 3.04 bits per heavy atom. The minimum atomic E-state index is 0.124. The molecular weight excluding hydrogens is 314 g/mol. The molecule has 23 heavy (non-hydrogen) atoms. The number of carbonyl (C=O) groups excluding carboxylic acids is 1. The van der Waals surface area contributed by atoms with Crippen LogP contribution in [-0.2, 0) is 11.3 Å². The lowest BCUT2D eigenvalue weighted by atomic mass is 10.2. The fourth-order valence-corrected chi connectivity index (χ4v) is 3.06. The second-order valence-electron chi connectivity index (χ2n) is 5.80. The van der Waals surface area contributed by atoms with Crippen molar-refractivity contribution >= 4 is 23.3 Å². The van der Waals surface area contributed by atoms with Crippen LogP contribution in [0.5, 0.6) is 0 Å². The van der Waals surface area contributed by atoms with Gasteiger partial charge >= 0.3 is 0 Å². The highest BCUT2D eigenvalue weighted by Crippen LogP contribution is 2.20. The number of carbonyl (C=O) groups is 1. The molecule has 0 spiro atoms. The van der Waals surface area contributed by atoms with Crippen LogP contribution in [0.2, 0.25) is 5.02 Å². The molecule has 1 amide bonds. The number of anilines is 1. The second kappa shape index (κ2) is 7.00. The molecule has 0 saturated carbocycles. The van der Waals surface area contributed by atoms with Crippen LogP contribution in [-0.4, -0.2) is 51.8 Å². The third kappa shape index (κ3) is 3.82. The Morgan fingerprint density at radius 2 is 2.35 bits per heavy atom. The summed E-state index contributed by atoms with van der Waals surface area (Å²) in [6.45, 7) is 1.87. The Hall–Kier alpha value is -2.08. The van der Waals surface area contributed by atoms with Gasteiger partial charge in [0.05, 0.1) is 24.2 Å². The predicted molar refractivity (Wildman–Crippen MR) is 89.5 cm³/mol. The van der Waals surface area contributed by atoms with E-state index in [-0.39, 0.29) is 11.9 Å². The maximum atomic E-state index is 12.6. The number of halogens is 1. The van der Waals surface area contributed by atoms with Gasteiger partial charge in [-0.05, 0) is 31.0 Å². The Bertz CT molecular complexity index is 643. The molecule has 0 aromatic carbocycles. The van der Waals surface area contributed by atoms with E-state index in [1.807, 2.05) is 39.9 Å². The molecule has 0 aliphatic carbocycles. The highest BCUT2D eigenvalue weighted by molar-refractivity contribution is 6.30. The summed E-state index contributed by atoms with van der Waals surface area (Å²) in [4.78, 5) is 20.7. The van der Waals surface area contributed by atoms with Crippen molar-refractivity contribution in [3.63, 3.8) is 0 Å². The molecule has 1 aliphatic rings. The zero-order chi connectivity index (χ0) is 16.2. The van der Waals surface area contributed by atoms with Crippen LogP contribution in [0.4, 0.5) is 5.82 Å². The topological polar surface area (TPSA) is 54.3 Å². The van der Waals surface area contributed by atoms with Gasteiger partial charge in [0.1, 0.15) is 5.82 Å². The number of aromatic nitrogens is 3. The van der Waals surface area contributed by atoms with Crippen LogP contribution in [0.3, 0.4) is 0 Å². The smallest absolute Gasteiger partial charge is 0.242 e. The van der Waals surface area contributed by atoms with Crippen molar-refractivity contribution in [1.29, 1.82) is 0 Å². The van der Waals surface area contributed by atoms with Crippen LogP contribution >= 0.6 is 11.6 Å². The number of hydrogen-bond donors (Lipinski definition) is 0. The van der Waals surface area contributed by atoms with E-state index in [1.165, 1.54) is 0 Å². The van der Waals surface area contributed by atoms with E-state index in [2.05, 4.69) is 10.1 Å². The average Bonchev–Trinajstić information content (AvgIpc) is 3.20. The lowest BCUT2D eigenvalue weighted by Crippen LogP contribution is -2.43.